The van der Waals surface area contributed by atoms with E-state index in [2.05, 4.69) is 18.7 Å². The number of hydrogen-bond donors (Lipinski definition) is 1. The Balaban J connectivity index is 2.07. The van der Waals surface area contributed by atoms with E-state index in [1.165, 1.54) is 18.2 Å². The number of halogens is 1. The molecule has 1 aromatic carbocycles. The number of likely N-dealkylation sites (tertiary alicyclic amines) is 1. The molecule has 2 atom stereocenters. The van der Waals surface area contributed by atoms with Gasteiger partial charge in [0.15, 0.2) is 0 Å². The molecular weight excluding hydrogens is 205 g/mol. The first-order valence-corrected chi connectivity index (χ1v) is 5.76. The summed E-state index contributed by atoms with van der Waals surface area (Å²) in [5, 5.41) is 9.63. The van der Waals surface area contributed by atoms with Gasteiger partial charge in [0.1, 0.15) is 11.6 Å². The van der Waals surface area contributed by atoms with Crippen LogP contribution in [0.3, 0.4) is 0 Å². The molecule has 1 fully saturated rings. The lowest BCUT2D eigenvalue weighted by atomic mass is 10.0. The maximum Gasteiger partial charge on any atom is 0.123 e. The van der Waals surface area contributed by atoms with Crippen LogP contribution in [0.1, 0.15) is 19.4 Å². The summed E-state index contributed by atoms with van der Waals surface area (Å²) < 4.78 is 13.0. The lowest BCUT2D eigenvalue weighted by Crippen LogP contribution is -2.20. The van der Waals surface area contributed by atoms with Crippen LogP contribution >= 0.6 is 0 Å². The number of nitrogens with zero attached hydrogens (tertiary/aromatic N) is 1. The van der Waals surface area contributed by atoms with E-state index in [1.54, 1.807) is 0 Å². The van der Waals surface area contributed by atoms with E-state index in [4.69, 9.17) is 0 Å². The lowest BCUT2D eigenvalue weighted by Gasteiger charge is -2.16. The van der Waals surface area contributed by atoms with Crippen molar-refractivity contribution in [2.45, 2.75) is 20.4 Å². The van der Waals surface area contributed by atoms with E-state index < -0.39 is 0 Å². The second-order valence-electron chi connectivity index (χ2n) is 4.92. The Hall–Kier alpha value is -1.09. The third-order valence-corrected chi connectivity index (χ3v) is 3.50. The molecule has 0 amide bonds. The fourth-order valence-electron chi connectivity index (χ4n) is 2.30. The Labute approximate surface area is 95.7 Å². The van der Waals surface area contributed by atoms with Crippen LogP contribution in [0.2, 0.25) is 0 Å². The smallest absolute Gasteiger partial charge is 0.123 e. The number of benzene rings is 1. The average Bonchev–Trinajstić information content (AvgIpc) is 2.52. The molecule has 2 unspecified atom stereocenters. The molecule has 16 heavy (non-hydrogen) atoms. The third-order valence-electron chi connectivity index (χ3n) is 3.50. The molecule has 1 aromatic rings. The number of phenolic OH excluding ortho intramolecular Hbond substituents is 1. The zero-order chi connectivity index (χ0) is 11.7. The molecule has 1 aliphatic rings. The maximum absolute atomic E-state index is 13.0. The Morgan fingerprint density at radius 3 is 2.56 bits per heavy atom. The predicted molar refractivity (Wildman–Crippen MR) is 61.7 cm³/mol. The van der Waals surface area contributed by atoms with Crippen molar-refractivity contribution in [1.29, 1.82) is 0 Å². The van der Waals surface area contributed by atoms with Crippen LogP contribution in [0.25, 0.3) is 0 Å². The van der Waals surface area contributed by atoms with Gasteiger partial charge in [-0.1, -0.05) is 13.8 Å². The van der Waals surface area contributed by atoms with Crippen molar-refractivity contribution in [1.82, 2.24) is 4.90 Å². The van der Waals surface area contributed by atoms with Gasteiger partial charge in [-0.2, -0.15) is 0 Å². The lowest BCUT2D eigenvalue weighted by molar-refractivity contribution is 0.309. The summed E-state index contributed by atoms with van der Waals surface area (Å²) in [5.41, 5.74) is 0.682. The molecule has 1 heterocycles. The van der Waals surface area contributed by atoms with Crippen molar-refractivity contribution in [2.75, 3.05) is 13.1 Å². The molecule has 2 nitrogen and oxygen atoms in total. The number of phenols is 1. The first kappa shape index (κ1) is 11.4. The minimum Gasteiger partial charge on any atom is -0.508 e. The van der Waals surface area contributed by atoms with Crippen LogP contribution in [0.4, 0.5) is 4.39 Å². The predicted octanol–water partition coefficient (Wildman–Crippen LogP) is 2.62. The summed E-state index contributed by atoms with van der Waals surface area (Å²) >= 11 is 0. The van der Waals surface area contributed by atoms with Gasteiger partial charge < -0.3 is 5.11 Å². The Morgan fingerprint density at radius 2 is 1.94 bits per heavy atom. The van der Waals surface area contributed by atoms with Crippen LogP contribution in [-0.2, 0) is 6.54 Å². The van der Waals surface area contributed by atoms with Crippen LogP contribution in [0.15, 0.2) is 18.2 Å². The van der Waals surface area contributed by atoms with Gasteiger partial charge in [-0.05, 0) is 30.0 Å². The van der Waals surface area contributed by atoms with Crippen molar-refractivity contribution in [3.63, 3.8) is 0 Å². The molecule has 0 aromatic heterocycles. The first-order chi connectivity index (χ1) is 7.56. The SMILES string of the molecule is CC1CN(Cc2cc(F)ccc2O)CC1C. The summed E-state index contributed by atoms with van der Waals surface area (Å²) in [7, 11) is 0. The molecule has 0 radical (unpaired) electrons. The van der Waals surface area contributed by atoms with E-state index in [9.17, 15) is 9.50 Å². The van der Waals surface area contributed by atoms with Crippen molar-refractivity contribution in [3.05, 3.63) is 29.6 Å². The van der Waals surface area contributed by atoms with E-state index in [0.29, 0.717) is 23.9 Å². The molecule has 0 aliphatic carbocycles. The molecule has 0 bridgehead atoms. The summed E-state index contributed by atoms with van der Waals surface area (Å²) in [4.78, 5) is 2.27. The number of aromatic hydroxyl groups is 1. The minimum absolute atomic E-state index is 0.189. The molecule has 0 saturated carbocycles. The van der Waals surface area contributed by atoms with E-state index in [1.807, 2.05) is 0 Å². The van der Waals surface area contributed by atoms with Crippen LogP contribution in [0.5, 0.6) is 5.75 Å². The highest BCUT2D eigenvalue weighted by Crippen LogP contribution is 2.26. The minimum atomic E-state index is -0.284. The summed E-state index contributed by atoms with van der Waals surface area (Å²) in [6.07, 6.45) is 0. The van der Waals surface area contributed by atoms with Gasteiger partial charge in [0, 0.05) is 25.2 Å². The second-order valence-corrected chi connectivity index (χ2v) is 4.92. The van der Waals surface area contributed by atoms with E-state index in [0.717, 1.165) is 13.1 Å². The highest BCUT2D eigenvalue weighted by atomic mass is 19.1. The van der Waals surface area contributed by atoms with Crippen molar-refractivity contribution in [2.24, 2.45) is 11.8 Å². The number of rotatable bonds is 2. The van der Waals surface area contributed by atoms with Crippen LogP contribution < -0.4 is 0 Å². The molecule has 1 aliphatic heterocycles. The zero-order valence-corrected chi connectivity index (χ0v) is 9.78. The van der Waals surface area contributed by atoms with Crippen molar-refractivity contribution in [3.8, 4) is 5.75 Å². The van der Waals surface area contributed by atoms with Crippen molar-refractivity contribution < 1.29 is 9.50 Å². The molecule has 0 spiro atoms. The van der Waals surface area contributed by atoms with Crippen LogP contribution in [-0.4, -0.2) is 23.1 Å². The molecule has 2 rings (SSSR count). The highest BCUT2D eigenvalue weighted by molar-refractivity contribution is 5.32. The quantitative estimate of drug-likeness (QED) is 0.833. The van der Waals surface area contributed by atoms with Gasteiger partial charge in [0.05, 0.1) is 0 Å². The topological polar surface area (TPSA) is 23.5 Å². The normalized spacial score (nSPS) is 26.2. The van der Waals surface area contributed by atoms with Gasteiger partial charge in [-0.25, -0.2) is 4.39 Å². The van der Waals surface area contributed by atoms with Gasteiger partial charge in [0.25, 0.3) is 0 Å². The largest absolute Gasteiger partial charge is 0.508 e. The number of hydrogen-bond acceptors (Lipinski definition) is 2. The van der Waals surface area contributed by atoms with E-state index in [-0.39, 0.29) is 11.6 Å². The van der Waals surface area contributed by atoms with Gasteiger partial charge in [-0.15, -0.1) is 0 Å². The molecular formula is C13H18FNO. The standard InChI is InChI=1S/C13H18FNO/c1-9-6-15(7-10(9)2)8-11-5-12(14)3-4-13(11)16/h3-5,9-10,16H,6-8H2,1-2H3. The van der Waals surface area contributed by atoms with Gasteiger partial charge >= 0.3 is 0 Å². The fraction of sp³-hybridized carbons (Fsp3) is 0.538. The van der Waals surface area contributed by atoms with E-state index >= 15 is 0 Å². The summed E-state index contributed by atoms with van der Waals surface area (Å²) in [6, 6.07) is 4.13. The van der Waals surface area contributed by atoms with Gasteiger partial charge in [0.2, 0.25) is 0 Å². The van der Waals surface area contributed by atoms with Crippen molar-refractivity contribution >= 4 is 0 Å². The Kier molecular flexibility index (Phi) is 3.15. The molecule has 88 valence electrons. The maximum atomic E-state index is 13.0. The third kappa shape index (κ3) is 2.35. The first-order valence-electron chi connectivity index (χ1n) is 5.76. The highest BCUT2D eigenvalue weighted by Gasteiger charge is 2.26. The second kappa shape index (κ2) is 4.42. The molecule has 1 saturated heterocycles. The fourth-order valence-corrected chi connectivity index (χ4v) is 2.30. The average molecular weight is 223 g/mol. The molecule has 1 N–H and O–H groups in total. The Bertz CT molecular complexity index is 370. The monoisotopic (exact) mass is 223 g/mol. The van der Waals surface area contributed by atoms with Crippen LogP contribution in [0, 0.1) is 17.7 Å². The molecule has 3 heteroatoms. The Morgan fingerprint density at radius 1 is 1.31 bits per heavy atom. The summed E-state index contributed by atoms with van der Waals surface area (Å²) in [6.45, 7) is 7.15. The van der Waals surface area contributed by atoms with Gasteiger partial charge in [-0.3, -0.25) is 4.90 Å². The zero-order valence-electron chi connectivity index (χ0n) is 9.78. The summed E-state index contributed by atoms with van der Waals surface area (Å²) in [5.74, 6) is 1.26.